The lowest BCUT2D eigenvalue weighted by atomic mass is 10.1. The zero-order valence-corrected chi connectivity index (χ0v) is 15.6. The van der Waals surface area contributed by atoms with Crippen molar-refractivity contribution in [1.82, 2.24) is 15.2 Å². The topological polar surface area (TPSA) is 97.8 Å². The molecule has 2 aliphatic rings. The fourth-order valence-corrected chi connectivity index (χ4v) is 5.02. The number of hydrogen-bond donors (Lipinski definition) is 1. The Bertz CT molecular complexity index is 805. The number of hydrogen-bond acceptors (Lipinski definition) is 8. The molecule has 3 heterocycles. The minimum absolute atomic E-state index is 0.0334. The Morgan fingerprint density at radius 3 is 2.89 bits per heavy atom. The van der Waals surface area contributed by atoms with Crippen molar-refractivity contribution < 1.29 is 23.8 Å². The lowest BCUT2D eigenvalue weighted by molar-refractivity contribution is -0.147. The highest BCUT2D eigenvalue weighted by Crippen LogP contribution is 2.45. The summed E-state index contributed by atoms with van der Waals surface area (Å²) in [5.41, 5.74) is 0.0885. The lowest BCUT2D eigenvalue weighted by Gasteiger charge is -2.49. The van der Waals surface area contributed by atoms with Crippen molar-refractivity contribution in [2.75, 3.05) is 12.4 Å². The SMILES string of the molecule is [B]OC(=O)C1=C(Sc2ccncc2)CS[C@@H]2[C@H](NC(=O)OCC=C)C(=O)N12. The molecule has 27 heavy (non-hydrogen) atoms. The number of fused-ring (bicyclic) bond motifs is 1. The molecule has 2 amide bonds. The Morgan fingerprint density at radius 2 is 2.22 bits per heavy atom. The molecule has 0 spiro atoms. The van der Waals surface area contributed by atoms with Crippen LogP contribution in [0.4, 0.5) is 4.79 Å². The maximum absolute atomic E-state index is 12.6. The van der Waals surface area contributed by atoms with E-state index in [1.807, 2.05) is 0 Å². The molecule has 11 heteroatoms. The van der Waals surface area contributed by atoms with E-state index >= 15 is 0 Å². The monoisotopic (exact) mass is 403 g/mol. The third-order valence-electron chi connectivity index (χ3n) is 3.73. The molecular formula is C16H14BN3O5S2. The van der Waals surface area contributed by atoms with Gasteiger partial charge in [-0.25, -0.2) is 9.59 Å². The first-order chi connectivity index (χ1) is 13.1. The molecule has 2 aliphatic heterocycles. The second-order valence-electron chi connectivity index (χ2n) is 5.38. The molecule has 0 aromatic carbocycles. The molecule has 0 unspecified atom stereocenters. The maximum atomic E-state index is 12.6. The molecule has 0 aliphatic carbocycles. The van der Waals surface area contributed by atoms with Gasteiger partial charge in [-0.3, -0.25) is 14.7 Å². The highest BCUT2D eigenvalue weighted by atomic mass is 32.2. The summed E-state index contributed by atoms with van der Waals surface area (Å²) in [6, 6.07) is 2.79. The van der Waals surface area contributed by atoms with Gasteiger partial charge >= 0.3 is 20.1 Å². The highest BCUT2D eigenvalue weighted by Gasteiger charge is 2.54. The highest BCUT2D eigenvalue weighted by molar-refractivity contribution is 8.06. The van der Waals surface area contributed by atoms with Gasteiger partial charge in [0.05, 0.1) is 0 Å². The average Bonchev–Trinajstić information content (AvgIpc) is 2.70. The Hall–Kier alpha value is -2.40. The van der Waals surface area contributed by atoms with Crippen LogP contribution in [0.5, 0.6) is 0 Å². The molecule has 1 aromatic heterocycles. The molecule has 0 bridgehead atoms. The largest absolute Gasteiger partial charge is 0.539 e. The molecule has 2 radical (unpaired) electrons. The van der Waals surface area contributed by atoms with Crippen molar-refractivity contribution >= 4 is 49.5 Å². The van der Waals surface area contributed by atoms with Gasteiger partial charge in [-0.2, -0.15) is 0 Å². The van der Waals surface area contributed by atoms with Crippen LogP contribution in [-0.2, 0) is 19.0 Å². The van der Waals surface area contributed by atoms with Gasteiger partial charge < -0.3 is 14.7 Å². The zero-order valence-electron chi connectivity index (χ0n) is 14.0. The van der Waals surface area contributed by atoms with E-state index in [2.05, 4.69) is 21.5 Å². The Balaban J connectivity index is 1.80. The number of carbonyl (C=O) groups is 3. The predicted molar refractivity (Wildman–Crippen MR) is 101 cm³/mol. The van der Waals surface area contributed by atoms with Crippen LogP contribution in [0, 0.1) is 0 Å². The number of carbonyl (C=O) groups excluding carboxylic acids is 3. The summed E-state index contributed by atoms with van der Waals surface area (Å²) < 4.78 is 9.22. The van der Waals surface area contributed by atoms with Crippen LogP contribution in [0.1, 0.15) is 0 Å². The summed E-state index contributed by atoms with van der Waals surface area (Å²) in [5, 5.41) is 2.06. The second kappa shape index (κ2) is 8.53. The fourth-order valence-electron chi connectivity index (χ4n) is 2.57. The first kappa shape index (κ1) is 19.4. The van der Waals surface area contributed by atoms with E-state index in [9.17, 15) is 14.4 Å². The Labute approximate surface area is 165 Å². The molecule has 3 rings (SSSR count). The fraction of sp³-hybridized carbons (Fsp3) is 0.250. The number of nitrogens with zero attached hydrogens (tertiary/aromatic N) is 2. The minimum atomic E-state index is -0.808. The molecule has 1 saturated heterocycles. The number of pyridine rings is 1. The summed E-state index contributed by atoms with van der Waals surface area (Å²) in [5.74, 6) is -0.792. The van der Waals surface area contributed by atoms with E-state index < -0.39 is 29.4 Å². The average molecular weight is 403 g/mol. The standard InChI is InChI=1S/C16H14BN3O5S2/c1-2-7-24-16(23)19-11-13(21)20-12(15(22)25-17)10(8-26-14(11)20)27-9-3-5-18-6-4-9/h2-6,11,14H,1,7-8H2,(H,19,23)/t11-,14-/m1/s1. The van der Waals surface area contributed by atoms with Crippen molar-refractivity contribution in [2.45, 2.75) is 16.3 Å². The van der Waals surface area contributed by atoms with Gasteiger partial charge in [0.2, 0.25) is 0 Å². The lowest BCUT2D eigenvalue weighted by Crippen LogP contribution is -2.70. The van der Waals surface area contributed by atoms with Gasteiger partial charge in [0, 0.05) is 27.9 Å². The van der Waals surface area contributed by atoms with Crippen LogP contribution in [0.3, 0.4) is 0 Å². The summed E-state index contributed by atoms with van der Waals surface area (Å²) in [6.45, 7) is 3.48. The van der Waals surface area contributed by atoms with Gasteiger partial charge in [0.1, 0.15) is 23.7 Å². The number of β-lactam (4-membered cyclic amide) rings is 1. The number of nitrogens with one attached hydrogen (secondary N) is 1. The first-order valence-corrected chi connectivity index (χ1v) is 9.64. The van der Waals surface area contributed by atoms with Crippen LogP contribution >= 0.6 is 23.5 Å². The van der Waals surface area contributed by atoms with Gasteiger partial charge in [-0.15, -0.1) is 11.8 Å². The summed E-state index contributed by atoms with van der Waals surface area (Å²) in [4.78, 5) is 43.2. The molecule has 1 fully saturated rings. The van der Waals surface area contributed by atoms with Crippen molar-refractivity contribution in [3.63, 3.8) is 0 Å². The van der Waals surface area contributed by atoms with E-state index in [-0.39, 0.29) is 12.3 Å². The van der Waals surface area contributed by atoms with E-state index in [0.29, 0.717) is 10.7 Å². The number of alkyl carbamates (subject to hydrolysis) is 1. The number of rotatable bonds is 6. The van der Waals surface area contributed by atoms with E-state index in [0.717, 1.165) is 4.90 Å². The second-order valence-corrected chi connectivity index (χ2v) is 7.65. The van der Waals surface area contributed by atoms with Crippen molar-refractivity contribution in [1.29, 1.82) is 0 Å². The van der Waals surface area contributed by atoms with Crippen LogP contribution in [0.25, 0.3) is 0 Å². The van der Waals surface area contributed by atoms with Crippen LogP contribution in [0.2, 0.25) is 0 Å². The summed E-state index contributed by atoms with van der Waals surface area (Å²) >= 11 is 2.75. The molecular weight excluding hydrogens is 389 g/mol. The number of ether oxygens (including phenoxy) is 1. The van der Waals surface area contributed by atoms with E-state index in [4.69, 9.17) is 12.8 Å². The number of thioether (sulfide) groups is 2. The molecule has 0 saturated carbocycles. The van der Waals surface area contributed by atoms with Crippen LogP contribution < -0.4 is 5.32 Å². The maximum Gasteiger partial charge on any atom is 0.408 e. The normalized spacial score (nSPS) is 21.0. The molecule has 138 valence electrons. The van der Waals surface area contributed by atoms with Crippen molar-refractivity contribution in [3.8, 4) is 0 Å². The van der Waals surface area contributed by atoms with Crippen molar-refractivity contribution in [2.24, 2.45) is 0 Å². The number of aromatic nitrogens is 1. The van der Waals surface area contributed by atoms with Crippen molar-refractivity contribution in [3.05, 3.63) is 47.8 Å². The van der Waals surface area contributed by atoms with Gasteiger partial charge in [0.15, 0.2) is 0 Å². The van der Waals surface area contributed by atoms with Gasteiger partial charge in [-0.1, -0.05) is 24.4 Å². The molecule has 2 atom stereocenters. The third kappa shape index (κ3) is 3.98. The third-order valence-corrected chi connectivity index (χ3v) is 6.28. The Morgan fingerprint density at radius 1 is 1.48 bits per heavy atom. The number of amides is 2. The summed E-state index contributed by atoms with van der Waals surface area (Å²) in [7, 11) is 5.06. The minimum Gasteiger partial charge on any atom is -0.539 e. The van der Waals surface area contributed by atoms with Gasteiger partial charge in [0.25, 0.3) is 5.91 Å². The quantitative estimate of drug-likeness (QED) is 0.430. The smallest absolute Gasteiger partial charge is 0.408 e. The molecule has 8 nitrogen and oxygen atoms in total. The molecule has 1 N–H and O–H groups in total. The molecule has 1 aromatic rings. The van der Waals surface area contributed by atoms with E-state index in [1.54, 1.807) is 24.5 Å². The Kier molecular flexibility index (Phi) is 6.12. The first-order valence-electron chi connectivity index (χ1n) is 7.77. The van der Waals surface area contributed by atoms with Crippen LogP contribution in [-0.4, -0.2) is 59.7 Å². The predicted octanol–water partition coefficient (Wildman–Crippen LogP) is 1.21. The summed E-state index contributed by atoms with van der Waals surface area (Å²) in [6.07, 6.45) is 3.96. The van der Waals surface area contributed by atoms with E-state index in [1.165, 1.54) is 34.5 Å². The van der Waals surface area contributed by atoms with Gasteiger partial charge in [-0.05, 0) is 12.1 Å². The van der Waals surface area contributed by atoms with Crippen LogP contribution in [0.15, 0.2) is 52.7 Å². The zero-order chi connectivity index (χ0) is 19.4.